The number of hydrogen-bond acceptors (Lipinski definition) is 6. The van der Waals surface area contributed by atoms with E-state index in [2.05, 4.69) is 15.2 Å². The number of rotatable bonds is 4. The van der Waals surface area contributed by atoms with Gasteiger partial charge in [-0.05, 0) is 44.7 Å². The van der Waals surface area contributed by atoms with Crippen LogP contribution in [0.25, 0.3) is 5.65 Å². The maximum Gasteiger partial charge on any atom is 0.262 e. The molecule has 1 aliphatic heterocycles. The summed E-state index contributed by atoms with van der Waals surface area (Å²) in [5.41, 5.74) is 1.84. The largest absolute Gasteiger partial charge is 0.337 e. The molecule has 0 atom stereocenters. The smallest absolute Gasteiger partial charge is 0.262 e. The Morgan fingerprint density at radius 2 is 1.79 bits per heavy atom. The van der Waals surface area contributed by atoms with Crippen LogP contribution in [0.1, 0.15) is 54.9 Å². The molecular formula is C18H23N7O2S. The maximum absolute atomic E-state index is 12.9. The highest BCUT2D eigenvalue weighted by Gasteiger charge is 2.34. The lowest BCUT2D eigenvalue weighted by Gasteiger charge is -2.29. The zero-order valence-electron chi connectivity index (χ0n) is 16.0. The molecule has 2 aliphatic rings. The van der Waals surface area contributed by atoms with Crippen molar-refractivity contribution in [2.24, 2.45) is 7.05 Å². The Hall–Kier alpha value is -2.33. The quantitative estimate of drug-likeness (QED) is 0.659. The molecule has 0 spiro atoms. The Bertz CT molecular complexity index is 1120. The molecule has 2 fully saturated rings. The van der Waals surface area contributed by atoms with Crippen molar-refractivity contribution in [1.82, 2.24) is 33.7 Å². The van der Waals surface area contributed by atoms with Crippen LogP contribution in [-0.2, 0) is 17.1 Å². The van der Waals surface area contributed by atoms with Gasteiger partial charge in [0.05, 0.1) is 5.69 Å². The second-order valence-corrected chi connectivity index (χ2v) is 9.66. The minimum absolute atomic E-state index is 0.120. The monoisotopic (exact) mass is 401 g/mol. The van der Waals surface area contributed by atoms with Gasteiger partial charge >= 0.3 is 0 Å². The molecule has 9 nitrogen and oxygen atoms in total. The summed E-state index contributed by atoms with van der Waals surface area (Å²) in [6.07, 6.45) is 5.35. The van der Waals surface area contributed by atoms with Crippen LogP contribution < -0.4 is 0 Å². The molecule has 3 aromatic rings. The van der Waals surface area contributed by atoms with E-state index in [0.29, 0.717) is 37.7 Å². The van der Waals surface area contributed by atoms with E-state index in [1.165, 1.54) is 17.1 Å². The number of nitrogens with zero attached hydrogens (tertiary/aromatic N) is 7. The van der Waals surface area contributed by atoms with Crippen molar-refractivity contribution < 1.29 is 8.42 Å². The minimum atomic E-state index is -3.57. The lowest BCUT2D eigenvalue weighted by atomic mass is 9.97. The average molecular weight is 401 g/mol. The molecule has 28 heavy (non-hydrogen) atoms. The summed E-state index contributed by atoms with van der Waals surface area (Å²) >= 11 is 0. The van der Waals surface area contributed by atoms with Gasteiger partial charge in [0.1, 0.15) is 5.82 Å². The average Bonchev–Trinajstić information content (AvgIpc) is 3.37. The van der Waals surface area contributed by atoms with Crippen LogP contribution in [0.2, 0.25) is 0 Å². The molecule has 1 saturated carbocycles. The van der Waals surface area contributed by atoms with Crippen LogP contribution in [0.3, 0.4) is 0 Å². The number of piperidine rings is 1. The second-order valence-electron chi connectivity index (χ2n) is 7.78. The molecule has 5 rings (SSSR count). The van der Waals surface area contributed by atoms with E-state index in [-0.39, 0.29) is 10.9 Å². The predicted octanol–water partition coefficient (Wildman–Crippen LogP) is 1.61. The third-order valence-electron chi connectivity index (χ3n) is 5.81. The Balaban J connectivity index is 1.36. The molecule has 1 saturated heterocycles. The lowest BCUT2D eigenvalue weighted by molar-refractivity contribution is 0.310. The van der Waals surface area contributed by atoms with E-state index >= 15 is 0 Å². The van der Waals surface area contributed by atoms with Gasteiger partial charge in [0, 0.05) is 38.2 Å². The van der Waals surface area contributed by atoms with Crippen LogP contribution in [0.15, 0.2) is 23.4 Å². The molecule has 0 N–H and O–H groups in total. The van der Waals surface area contributed by atoms with Gasteiger partial charge in [-0.1, -0.05) is 0 Å². The molecule has 3 aromatic heterocycles. The third kappa shape index (κ3) is 2.91. The maximum atomic E-state index is 12.9. The number of fused-ring (bicyclic) bond motifs is 1. The van der Waals surface area contributed by atoms with Crippen molar-refractivity contribution in [3.8, 4) is 0 Å². The zero-order chi connectivity index (χ0) is 19.5. The van der Waals surface area contributed by atoms with E-state index in [0.717, 1.165) is 17.2 Å². The minimum Gasteiger partial charge on any atom is -0.337 e. The van der Waals surface area contributed by atoms with E-state index in [1.807, 2.05) is 16.6 Å². The summed E-state index contributed by atoms with van der Waals surface area (Å²) < 4.78 is 30.9. The highest BCUT2D eigenvalue weighted by Crippen LogP contribution is 2.39. The Kier molecular flexibility index (Phi) is 4.02. The van der Waals surface area contributed by atoms with E-state index < -0.39 is 10.0 Å². The van der Waals surface area contributed by atoms with Crippen molar-refractivity contribution in [3.63, 3.8) is 0 Å². The van der Waals surface area contributed by atoms with Gasteiger partial charge in [-0.25, -0.2) is 13.4 Å². The molecule has 148 valence electrons. The fourth-order valence-corrected chi connectivity index (χ4v) is 5.30. The van der Waals surface area contributed by atoms with Crippen LogP contribution >= 0.6 is 0 Å². The van der Waals surface area contributed by atoms with Gasteiger partial charge in [0.15, 0.2) is 16.5 Å². The van der Waals surface area contributed by atoms with Gasteiger partial charge in [0.2, 0.25) is 0 Å². The normalized spacial score (nSPS) is 19.5. The number of aromatic nitrogens is 6. The summed E-state index contributed by atoms with van der Waals surface area (Å²) in [6, 6.07) is 4.01. The Morgan fingerprint density at radius 1 is 1.04 bits per heavy atom. The van der Waals surface area contributed by atoms with Gasteiger partial charge in [0.25, 0.3) is 10.0 Å². The Morgan fingerprint density at radius 3 is 2.43 bits per heavy atom. The fraction of sp³-hybridized carbons (Fsp3) is 0.556. The van der Waals surface area contributed by atoms with Gasteiger partial charge in [-0.3, -0.25) is 0 Å². The lowest BCUT2D eigenvalue weighted by Crippen LogP contribution is -2.38. The molecule has 10 heteroatoms. The first-order valence-electron chi connectivity index (χ1n) is 9.66. The van der Waals surface area contributed by atoms with Gasteiger partial charge in [-0.2, -0.15) is 13.9 Å². The fourth-order valence-electron chi connectivity index (χ4n) is 3.81. The van der Waals surface area contributed by atoms with Crippen molar-refractivity contribution in [2.45, 2.75) is 49.5 Å². The van der Waals surface area contributed by atoms with E-state index in [1.54, 1.807) is 24.7 Å². The van der Waals surface area contributed by atoms with Crippen LogP contribution in [0.4, 0.5) is 0 Å². The molecule has 0 aromatic carbocycles. The molecular weight excluding hydrogens is 378 g/mol. The third-order valence-corrected chi connectivity index (χ3v) is 7.58. The molecule has 0 unspecified atom stereocenters. The van der Waals surface area contributed by atoms with E-state index in [9.17, 15) is 8.42 Å². The summed E-state index contributed by atoms with van der Waals surface area (Å²) in [4.78, 5) is 4.20. The number of sulfonamides is 1. The van der Waals surface area contributed by atoms with Crippen molar-refractivity contribution in [1.29, 1.82) is 0 Å². The second kappa shape index (κ2) is 6.35. The topological polar surface area (TPSA) is 98.3 Å². The van der Waals surface area contributed by atoms with Crippen molar-refractivity contribution in [2.75, 3.05) is 13.1 Å². The highest BCUT2D eigenvalue weighted by atomic mass is 32.2. The van der Waals surface area contributed by atoms with Crippen molar-refractivity contribution >= 4 is 15.7 Å². The molecule has 0 amide bonds. The molecule has 4 heterocycles. The number of aryl methyl sites for hydroxylation is 2. The molecule has 0 bridgehead atoms. The first-order chi connectivity index (χ1) is 13.4. The summed E-state index contributed by atoms with van der Waals surface area (Å²) in [6.45, 7) is 2.68. The van der Waals surface area contributed by atoms with Crippen LogP contribution in [0, 0.1) is 6.92 Å². The molecule has 0 radical (unpaired) electrons. The Labute approximate surface area is 163 Å². The van der Waals surface area contributed by atoms with Crippen LogP contribution in [0.5, 0.6) is 0 Å². The van der Waals surface area contributed by atoms with Crippen LogP contribution in [-0.4, -0.2) is 55.2 Å². The zero-order valence-corrected chi connectivity index (χ0v) is 16.8. The standard InChI is InChI=1S/C18H23N7O2S/c1-12-19-17(11-23(12)2)28(26,27)24-9-7-14(8-10-24)18-21-20-16-6-5-15(13-3-4-13)22-25(16)18/h5-6,11,13-14H,3-4,7-10H2,1-2H3. The molecule has 1 aliphatic carbocycles. The summed E-state index contributed by atoms with van der Waals surface area (Å²) in [7, 11) is -1.77. The predicted molar refractivity (Wildman–Crippen MR) is 101 cm³/mol. The first-order valence-corrected chi connectivity index (χ1v) is 11.1. The highest BCUT2D eigenvalue weighted by molar-refractivity contribution is 7.89. The number of hydrogen-bond donors (Lipinski definition) is 0. The van der Waals surface area contributed by atoms with Crippen molar-refractivity contribution in [3.05, 3.63) is 35.7 Å². The summed E-state index contributed by atoms with van der Waals surface area (Å²) in [5, 5.41) is 13.5. The first kappa shape index (κ1) is 17.7. The van der Waals surface area contributed by atoms with E-state index in [4.69, 9.17) is 5.10 Å². The summed E-state index contributed by atoms with van der Waals surface area (Å²) in [5.74, 6) is 2.23. The SMILES string of the molecule is Cc1nc(S(=O)(=O)N2CCC(c3nnc4ccc(C5CC5)nn34)CC2)cn1C. The van der Waals surface area contributed by atoms with Gasteiger partial charge in [-0.15, -0.1) is 10.2 Å². The number of imidazole rings is 1. The van der Waals surface area contributed by atoms with Gasteiger partial charge < -0.3 is 4.57 Å².